The summed E-state index contributed by atoms with van der Waals surface area (Å²) in [5.74, 6) is -0.152. The van der Waals surface area contributed by atoms with Crippen LogP contribution in [-0.4, -0.2) is 29.9 Å². The van der Waals surface area contributed by atoms with E-state index < -0.39 is 6.03 Å². The number of nitrogens with zero attached hydrogens (tertiary/aromatic N) is 1. The molecule has 124 valence electrons. The van der Waals surface area contributed by atoms with Gasteiger partial charge in [-0.1, -0.05) is 6.07 Å². The molecule has 2 unspecified atom stereocenters. The molecule has 1 aliphatic heterocycles. The first-order valence-electron chi connectivity index (χ1n) is 8.27. The normalized spacial score (nSPS) is 23.9. The van der Waals surface area contributed by atoms with Gasteiger partial charge in [-0.25, -0.2) is 4.79 Å². The Labute approximate surface area is 136 Å². The minimum Gasteiger partial charge on any atom is -0.399 e. The fraction of sp³-hybridized carbons (Fsp3) is 0.529. The molecule has 3 amide bonds. The molecule has 1 heterocycles. The summed E-state index contributed by atoms with van der Waals surface area (Å²) < 4.78 is 0. The Hall–Kier alpha value is -2.24. The van der Waals surface area contributed by atoms with Crippen molar-refractivity contribution in [2.45, 2.75) is 38.1 Å². The number of aryl methyl sites for hydroxylation is 1. The molecule has 1 aromatic carbocycles. The third-order valence-electron chi connectivity index (χ3n) is 4.90. The van der Waals surface area contributed by atoms with Crippen molar-refractivity contribution >= 4 is 17.6 Å². The van der Waals surface area contributed by atoms with Crippen LogP contribution in [0.4, 0.5) is 10.5 Å². The lowest BCUT2D eigenvalue weighted by atomic mass is 9.86. The molecule has 3 rings (SSSR count). The number of nitrogens with two attached hydrogens (primary N) is 2. The summed E-state index contributed by atoms with van der Waals surface area (Å²) in [6.07, 6.45) is 4.61. The van der Waals surface area contributed by atoms with E-state index >= 15 is 0 Å². The number of amides is 3. The standard InChI is InChI=1S/C17H24N4O2/c18-13-6-7-14-11(9-13)3-1-5-15(14)20-16(22)12-4-2-8-21(10-12)17(19)23/h6-7,9,12,15H,1-5,8,10,18H2,(H2,19,23)(H,20,22). The number of carbonyl (C=O) groups is 2. The number of piperidine rings is 1. The Bertz CT molecular complexity index is 617. The van der Waals surface area contributed by atoms with Crippen LogP contribution in [0.15, 0.2) is 18.2 Å². The zero-order chi connectivity index (χ0) is 16.4. The lowest BCUT2D eigenvalue weighted by Gasteiger charge is -2.33. The van der Waals surface area contributed by atoms with Crippen LogP contribution >= 0.6 is 0 Å². The van der Waals surface area contributed by atoms with Crippen molar-refractivity contribution in [3.63, 3.8) is 0 Å². The zero-order valence-corrected chi connectivity index (χ0v) is 13.3. The van der Waals surface area contributed by atoms with Crippen LogP contribution in [0.5, 0.6) is 0 Å². The van der Waals surface area contributed by atoms with Crippen LogP contribution in [0.2, 0.25) is 0 Å². The van der Waals surface area contributed by atoms with E-state index in [1.54, 1.807) is 4.90 Å². The molecule has 0 spiro atoms. The highest BCUT2D eigenvalue weighted by Crippen LogP contribution is 2.31. The van der Waals surface area contributed by atoms with Crippen LogP contribution in [0.3, 0.4) is 0 Å². The van der Waals surface area contributed by atoms with Gasteiger partial charge >= 0.3 is 6.03 Å². The van der Waals surface area contributed by atoms with Gasteiger partial charge < -0.3 is 21.7 Å². The van der Waals surface area contributed by atoms with Crippen molar-refractivity contribution in [3.05, 3.63) is 29.3 Å². The van der Waals surface area contributed by atoms with Crippen LogP contribution in [0, 0.1) is 5.92 Å². The summed E-state index contributed by atoms with van der Waals surface area (Å²) in [4.78, 5) is 25.5. The maximum absolute atomic E-state index is 12.6. The van der Waals surface area contributed by atoms with Crippen LogP contribution in [0.1, 0.15) is 42.9 Å². The summed E-state index contributed by atoms with van der Waals surface area (Å²) in [6, 6.07) is 5.50. The number of carbonyl (C=O) groups excluding carboxylic acids is 2. The number of hydrogen-bond acceptors (Lipinski definition) is 3. The number of benzene rings is 1. The average Bonchev–Trinajstić information content (AvgIpc) is 2.54. The van der Waals surface area contributed by atoms with Gasteiger partial charge in [-0.15, -0.1) is 0 Å². The molecule has 1 aromatic rings. The minimum absolute atomic E-state index is 0.0191. The number of urea groups is 1. The number of fused-ring (bicyclic) bond motifs is 1. The van der Waals surface area contributed by atoms with Crippen molar-refractivity contribution in [2.75, 3.05) is 18.8 Å². The number of anilines is 1. The highest BCUT2D eigenvalue weighted by molar-refractivity contribution is 5.81. The van der Waals surface area contributed by atoms with Crippen molar-refractivity contribution < 1.29 is 9.59 Å². The Morgan fingerprint density at radius 1 is 1.22 bits per heavy atom. The topological polar surface area (TPSA) is 101 Å². The number of nitrogens with one attached hydrogen (secondary N) is 1. The SMILES string of the molecule is NC(=O)N1CCCC(C(=O)NC2CCCc3cc(N)ccc32)C1. The molecular formula is C17H24N4O2. The number of likely N-dealkylation sites (tertiary alicyclic amines) is 1. The smallest absolute Gasteiger partial charge is 0.314 e. The molecule has 5 N–H and O–H groups in total. The maximum Gasteiger partial charge on any atom is 0.314 e. The van der Waals surface area contributed by atoms with Crippen molar-refractivity contribution in [2.24, 2.45) is 11.7 Å². The fourth-order valence-electron chi connectivity index (χ4n) is 3.67. The molecule has 1 aliphatic carbocycles. The van der Waals surface area contributed by atoms with Gasteiger partial charge in [0.1, 0.15) is 0 Å². The van der Waals surface area contributed by atoms with Gasteiger partial charge in [0.05, 0.1) is 12.0 Å². The number of rotatable bonds is 2. The Morgan fingerprint density at radius 3 is 2.83 bits per heavy atom. The van der Waals surface area contributed by atoms with Crippen molar-refractivity contribution in [1.29, 1.82) is 0 Å². The number of nitrogen functional groups attached to an aromatic ring is 1. The van der Waals surface area contributed by atoms with Gasteiger partial charge in [-0.3, -0.25) is 4.79 Å². The molecule has 0 aromatic heterocycles. The molecule has 1 fully saturated rings. The van der Waals surface area contributed by atoms with E-state index in [1.165, 1.54) is 11.1 Å². The highest BCUT2D eigenvalue weighted by atomic mass is 16.2. The number of hydrogen-bond donors (Lipinski definition) is 3. The summed E-state index contributed by atoms with van der Waals surface area (Å²) in [5.41, 5.74) is 14.3. The molecular weight excluding hydrogens is 292 g/mol. The van der Waals surface area contributed by atoms with Gasteiger partial charge in [0.25, 0.3) is 0 Å². The monoisotopic (exact) mass is 316 g/mol. The van der Waals surface area contributed by atoms with E-state index in [-0.39, 0.29) is 17.9 Å². The van der Waals surface area contributed by atoms with Gasteiger partial charge in [0, 0.05) is 18.8 Å². The summed E-state index contributed by atoms with van der Waals surface area (Å²) in [6.45, 7) is 1.06. The van der Waals surface area contributed by atoms with Crippen LogP contribution in [0.25, 0.3) is 0 Å². The predicted octanol–water partition coefficient (Wildman–Crippen LogP) is 1.55. The Morgan fingerprint density at radius 2 is 2.04 bits per heavy atom. The molecule has 0 bridgehead atoms. The van der Waals surface area contributed by atoms with Gasteiger partial charge in [-0.2, -0.15) is 0 Å². The quantitative estimate of drug-likeness (QED) is 0.721. The lowest BCUT2D eigenvalue weighted by Crippen LogP contribution is -2.48. The molecule has 2 aliphatic rings. The fourth-order valence-corrected chi connectivity index (χ4v) is 3.67. The molecule has 1 saturated heterocycles. The average molecular weight is 316 g/mol. The lowest BCUT2D eigenvalue weighted by molar-refractivity contribution is -0.127. The van der Waals surface area contributed by atoms with E-state index in [4.69, 9.17) is 11.5 Å². The summed E-state index contributed by atoms with van der Waals surface area (Å²) in [5, 5.41) is 3.17. The third-order valence-corrected chi connectivity index (χ3v) is 4.90. The minimum atomic E-state index is -0.444. The molecule has 6 nitrogen and oxygen atoms in total. The first-order chi connectivity index (χ1) is 11.0. The first kappa shape index (κ1) is 15.6. The second-order valence-electron chi connectivity index (χ2n) is 6.54. The number of primary amides is 1. The van der Waals surface area contributed by atoms with Crippen molar-refractivity contribution in [1.82, 2.24) is 10.2 Å². The third kappa shape index (κ3) is 3.41. The predicted molar refractivity (Wildman–Crippen MR) is 88.6 cm³/mol. The molecule has 0 saturated carbocycles. The van der Waals surface area contributed by atoms with Gasteiger partial charge in [0.2, 0.25) is 5.91 Å². The summed E-state index contributed by atoms with van der Waals surface area (Å²) >= 11 is 0. The maximum atomic E-state index is 12.6. The van der Waals surface area contributed by atoms with Crippen LogP contribution in [-0.2, 0) is 11.2 Å². The van der Waals surface area contributed by atoms with Gasteiger partial charge in [-0.05, 0) is 55.4 Å². The second kappa shape index (κ2) is 6.48. The first-order valence-corrected chi connectivity index (χ1v) is 8.27. The van der Waals surface area contributed by atoms with E-state index in [0.717, 1.165) is 37.8 Å². The van der Waals surface area contributed by atoms with E-state index in [9.17, 15) is 9.59 Å². The molecule has 2 atom stereocenters. The van der Waals surface area contributed by atoms with E-state index in [0.29, 0.717) is 13.1 Å². The Kier molecular flexibility index (Phi) is 4.41. The van der Waals surface area contributed by atoms with Crippen molar-refractivity contribution in [3.8, 4) is 0 Å². The second-order valence-corrected chi connectivity index (χ2v) is 6.54. The van der Waals surface area contributed by atoms with E-state index in [1.807, 2.05) is 18.2 Å². The largest absolute Gasteiger partial charge is 0.399 e. The highest BCUT2D eigenvalue weighted by Gasteiger charge is 2.30. The molecule has 0 radical (unpaired) electrons. The molecule has 23 heavy (non-hydrogen) atoms. The Balaban J connectivity index is 1.68. The molecule has 6 heteroatoms. The van der Waals surface area contributed by atoms with Gasteiger partial charge in [0.15, 0.2) is 0 Å². The van der Waals surface area contributed by atoms with Crippen LogP contribution < -0.4 is 16.8 Å². The van der Waals surface area contributed by atoms with E-state index in [2.05, 4.69) is 5.32 Å². The zero-order valence-electron chi connectivity index (χ0n) is 13.3. The summed E-state index contributed by atoms with van der Waals surface area (Å²) in [7, 11) is 0.